The van der Waals surface area contributed by atoms with Crippen molar-refractivity contribution in [3.05, 3.63) is 24.5 Å². The number of hydrogen-bond donors (Lipinski definition) is 1. The van der Waals surface area contributed by atoms with E-state index in [2.05, 4.69) is 28.2 Å². The van der Waals surface area contributed by atoms with E-state index in [1.54, 1.807) is 0 Å². The van der Waals surface area contributed by atoms with Crippen LogP contribution in [0.1, 0.15) is 39.0 Å². The molecule has 3 rings (SSSR count). The minimum Gasteiger partial charge on any atom is -0.365 e. The molecular weight excluding hydrogens is 234 g/mol. The Labute approximate surface area is 116 Å². The van der Waals surface area contributed by atoms with E-state index in [0.29, 0.717) is 12.1 Å². The highest BCUT2D eigenvalue weighted by Crippen LogP contribution is 2.29. The average Bonchev–Trinajstić information content (AvgIpc) is 2.49. The summed E-state index contributed by atoms with van der Waals surface area (Å²) >= 11 is 0. The molecule has 3 heteroatoms. The molecule has 2 aliphatic rings. The Morgan fingerprint density at radius 3 is 2.84 bits per heavy atom. The number of pyridine rings is 1. The Balaban J connectivity index is 1.70. The third-order valence-electron chi connectivity index (χ3n) is 4.80. The third-order valence-corrected chi connectivity index (χ3v) is 4.80. The molecule has 19 heavy (non-hydrogen) atoms. The number of rotatable bonds is 2. The molecule has 3 nitrogen and oxygen atoms in total. The first-order chi connectivity index (χ1) is 9.34. The SMILES string of the molecule is CC1CNC(C2CCCCC2)CN1c1cccnc1. The summed E-state index contributed by atoms with van der Waals surface area (Å²) in [6.07, 6.45) is 11.0. The summed E-state index contributed by atoms with van der Waals surface area (Å²) in [6, 6.07) is 5.45. The van der Waals surface area contributed by atoms with Crippen LogP contribution in [0, 0.1) is 5.92 Å². The third kappa shape index (κ3) is 2.92. The molecule has 1 aliphatic heterocycles. The highest BCUT2D eigenvalue weighted by Gasteiger charge is 2.31. The molecule has 0 spiro atoms. The van der Waals surface area contributed by atoms with Crippen molar-refractivity contribution in [2.75, 3.05) is 18.0 Å². The monoisotopic (exact) mass is 259 g/mol. The van der Waals surface area contributed by atoms with Gasteiger partial charge in [-0.2, -0.15) is 0 Å². The van der Waals surface area contributed by atoms with Crippen molar-refractivity contribution in [1.82, 2.24) is 10.3 Å². The standard InChI is InChI=1S/C16H25N3/c1-13-10-18-16(14-6-3-2-4-7-14)12-19(13)15-8-5-9-17-11-15/h5,8-9,11,13-14,16,18H,2-4,6-7,10,12H2,1H3. The zero-order chi connectivity index (χ0) is 13.1. The number of nitrogens with one attached hydrogen (secondary N) is 1. The van der Waals surface area contributed by atoms with E-state index in [1.807, 2.05) is 18.5 Å². The molecule has 2 heterocycles. The van der Waals surface area contributed by atoms with Crippen LogP contribution in [-0.2, 0) is 0 Å². The van der Waals surface area contributed by atoms with Crippen LogP contribution in [0.3, 0.4) is 0 Å². The molecule has 1 N–H and O–H groups in total. The van der Waals surface area contributed by atoms with Crippen LogP contribution in [-0.4, -0.2) is 30.2 Å². The van der Waals surface area contributed by atoms with Crippen LogP contribution in [0.5, 0.6) is 0 Å². The van der Waals surface area contributed by atoms with Crippen molar-refractivity contribution >= 4 is 5.69 Å². The predicted molar refractivity (Wildman–Crippen MR) is 79.4 cm³/mol. The molecule has 2 atom stereocenters. The first-order valence-electron chi connectivity index (χ1n) is 7.74. The van der Waals surface area contributed by atoms with E-state index in [4.69, 9.17) is 0 Å². The van der Waals surface area contributed by atoms with Gasteiger partial charge in [-0.1, -0.05) is 19.3 Å². The van der Waals surface area contributed by atoms with Gasteiger partial charge in [-0.3, -0.25) is 4.98 Å². The molecule has 0 aromatic carbocycles. The summed E-state index contributed by atoms with van der Waals surface area (Å²) in [4.78, 5) is 6.80. The zero-order valence-electron chi connectivity index (χ0n) is 11.9. The molecule has 104 valence electrons. The maximum atomic E-state index is 4.27. The van der Waals surface area contributed by atoms with Gasteiger partial charge in [-0.15, -0.1) is 0 Å². The number of hydrogen-bond acceptors (Lipinski definition) is 3. The van der Waals surface area contributed by atoms with Crippen LogP contribution >= 0.6 is 0 Å². The number of anilines is 1. The van der Waals surface area contributed by atoms with Crippen LogP contribution < -0.4 is 10.2 Å². The second kappa shape index (κ2) is 5.91. The van der Waals surface area contributed by atoms with Gasteiger partial charge in [0.15, 0.2) is 0 Å². The van der Waals surface area contributed by atoms with Gasteiger partial charge in [0.2, 0.25) is 0 Å². The van der Waals surface area contributed by atoms with Crippen LogP contribution in [0.2, 0.25) is 0 Å². The van der Waals surface area contributed by atoms with Crippen molar-refractivity contribution in [3.63, 3.8) is 0 Å². The summed E-state index contributed by atoms with van der Waals surface area (Å²) < 4.78 is 0. The topological polar surface area (TPSA) is 28.2 Å². The molecule has 1 aliphatic carbocycles. The quantitative estimate of drug-likeness (QED) is 0.885. The van der Waals surface area contributed by atoms with Gasteiger partial charge < -0.3 is 10.2 Å². The lowest BCUT2D eigenvalue weighted by Gasteiger charge is -2.43. The van der Waals surface area contributed by atoms with Gasteiger partial charge in [0.1, 0.15) is 0 Å². The molecule has 2 fully saturated rings. The second-order valence-electron chi connectivity index (χ2n) is 6.13. The fourth-order valence-corrected chi connectivity index (χ4v) is 3.62. The Morgan fingerprint density at radius 2 is 2.11 bits per heavy atom. The van der Waals surface area contributed by atoms with Crippen molar-refractivity contribution < 1.29 is 0 Å². The van der Waals surface area contributed by atoms with Crippen molar-refractivity contribution in [1.29, 1.82) is 0 Å². The summed E-state index contributed by atoms with van der Waals surface area (Å²) in [5, 5.41) is 3.78. The molecule has 1 saturated carbocycles. The van der Waals surface area contributed by atoms with Crippen LogP contribution in [0.4, 0.5) is 5.69 Å². The summed E-state index contributed by atoms with van der Waals surface area (Å²) in [6.45, 7) is 4.53. The van der Waals surface area contributed by atoms with E-state index < -0.39 is 0 Å². The highest BCUT2D eigenvalue weighted by atomic mass is 15.2. The van der Waals surface area contributed by atoms with E-state index >= 15 is 0 Å². The predicted octanol–water partition coefficient (Wildman–Crippen LogP) is 2.83. The van der Waals surface area contributed by atoms with Gasteiger partial charge in [-0.05, 0) is 37.8 Å². The zero-order valence-corrected chi connectivity index (χ0v) is 11.9. The van der Waals surface area contributed by atoms with Crippen LogP contribution in [0.15, 0.2) is 24.5 Å². The second-order valence-corrected chi connectivity index (χ2v) is 6.13. The summed E-state index contributed by atoms with van der Waals surface area (Å²) in [5.41, 5.74) is 1.28. The van der Waals surface area contributed by atoms with Gasteiger partial charge in [0, 0.05) is 31.4 Å². The fraction of sp³-hybridized carbons (Fsp3) is 0.688. The first kappa shape index (κ1) is 12.9. The molecule has 0 bridgehead atoms. The van der Waals surface area contributed by atoms with Gasteiger partial charge in [-0.25, -0.2) is 0 Å². The lowest BCUT2D eigenvalue weighted by atomic mass is 9.82. The molecule has 1 aromatic heterocycles. The molecule has 1 aromatic rings. The van der Waals surface area contributed by atoms with E-state index in [9.17, 15) is 0 Å². The largest absolute Gasteiger partial charge is 0.365 e. The minimum absolute atomic E-state index is 0.559. The minimum atomic E-state index is 0.559. The lowest BCUT2D eigenvalue weighted by molar-refractivity contribution is 0.245. The summed E-state index contributed by atoms with van der Waals surface area (Å²) in [7, 11) is 0. The maximum absolute atomic E-state index is 4.27. The molecule has 0 amide bonds. The highest BCUT2D eigenvalue weighted by molar-refractivity contribution is 5.45. The lowest BCUT2D eigenvalue weighted by Crippen LogP contribution is -2.58. The Kier molecular flexibility index (Phi) is 4.02. The van der Waals surface area contributed by atoms with E-state index in [0.717, 1.165) is 19.0 Å². The molecule has 0 radical (unpaired) electrons. The van der Waals surface area contributed by atoms with Crippen LogP contribution in [0.25, 0.3) is 0 Å². The fourth-order valence-electron chi connectivity index (χ4n) is 3.62. The van der Waals surface area contributed by atoms with Gasteiger partial charge in [0.05, 0.1) is 11.9 Å². The number of piperazine rings is 1. The summed E-state index contributed by atoms with van der Waals surface area (Å²) in [5.74, 6) is 0.875. The molecule has 2 unspecified atom stereocenters. The average molecular weight is 259 g/mol. The van der Waals surface area contributed by atoms with E-state index in [1.165, 1.54) is 37.8 Å². The van der Waals surface area contributed by atoms with Crippen molar-refractivity contribution in [2.24, 2.45) is 5.92 Å². The maximum Gasteiger partial charge on any atom is 0.0556 e. The Hall–Kier alpha value is -1.09. The van der Waals surface area contributed by atoms with Gasteiger partial charge in [0.25, 0.3) is 0 Å². The number of aromatic nitrogens is 1. The number of nitrogens with zero attached hydrogens (tertiary/aromatic N) is 2. The molecular formula is C16H25N3. The first-order valence-corrected chi connectivity index (χ1v) is 7.74. The normalized spacial score (nSPS) is 29.4. The van der Waals surface area contributed by atoms with Gasteiger partial charge >= 0.3 is 0 Å². The van der Waals surface area contributed by atoms with Crippen molar-refractivity contribution in [2.45, 2.75) is 51.1 Å². The Bertz CT molecular complexity index is 386. The smallest absolute Gasteiger partial charge is 0.0556 e. The van der Waals surface area contributed by atoms with E-state index in [-0.39, 0.29) is 0 Å². The molecule has 1 saturated heterocycles. The Morgan fingerprint density at radius 1 is 1.26 bits per heavy atom. The van der Waals surface area contributed by atoms with Crippen molar-refractivity contribution in [3.8, 4) is 0 Å².